The van der Waals surface area contributed by atoms with Crippen molar-refractivity contribution in [1.82, 2.24) is 0 Å². The van der Waals surface area contributed by atoms with Crippen molar-refractivity contribution in [3.63, 3.8) is 0 Å². The standard InChI is InChI=1S/C14H16P.C2H5O/c1-15(2,13-9-5-3-6-10-13)14-11-7-4-8-12-14;1-2-3/h3-12H,1-2H3;2H2,1H3/q+1;-1. The van der Waals surface area contributed by atoms with Gasteiger partial charge in [-0.05, 0) is 24.3 Å². The zero-order chi connectivity index (χ0) is 13.4. The van der Waals surface area contributed by atoms with Gasteiger partial charge in [0.05, 0.1) is 31.2 Å². The Labute approximate surface area is 111 Å². The maximum Gasteiger partial charge on any atom is 0.0985 e. The molecule has 0 bridgehead atoms. The zero-order valence-corrected chi connectivity index (χ0v) is 12.2. The molecule has 96 valence electrons. The highest BCUT2D eigenvalue weighted by Gasteiger charge is 2.30. The Morgan fingerprint density at radius 2 is 1.06 bits per heavy atom. The van der Waals surface area contributed by atoms with Gasteiger partial charge in [0.2, 0.25) is 0 Å². The van der Waals surface area contributed by atoms with E-state index in [1.165, 1.54) is 10.6 Å². The number of rotatable bonds is 2. The molecule has 0 saturated carbocycles. The third kappa shape index (κ3) is 3.94. The number of benzene rings is 2. The molecule has 0 N–H and O–H groups in total. The van der Waals surface area contributed by atoms with Crippen molar-refractivity contribution in [3.8, 4) is 0 Å². The van der Waals surface area contributed by atoms with Gasteiger partial charge in [0.25, 0.3) is 0 Å². The molecule has 0 aliphatic carbocycles. The fourth-order valence-electron chi connectivity index (χ4n) is 1.75. The van der Waals surface area contributed by atoms with Crippen LogP contribution in [0.3, 0.4) is 0 Å². The molecule has 0 amide bonds. The second kappa shape index (κ2) is 7.31. The summed E-state index contributed by atoms with van der Waals surface area (Å²) in [4.78, 5) is 0. The lowest BCUT2D eigenvalue weighted by Gasteiger charge is -2.17. The summed E-state index contributed by atoms with van der Waals surface area (Å²) in [5.41, 5.74) is 0. The predicted molar refractivity (Wildman–Crippen MR) is 81.5 cm³/mol. The molecule has 0 saturated heterocycles. The van der Waals surface area contributed by atoms with Gasteiger partial charge in [-0.15, -0.1) is 6.61 Å². The Morgan fingerprint density at radius 1 is 0.778 bits per heavy atom. The molecule has 0 spiro atoms. The lowest BCUT2D eigenvalue weighted by Crippen LogP contribution is -2.19. The molecule has 0 atom stereocenters. The molecular weight excluding hydrogens is 239 g/mol. The Hall–Kier alpha value is -1.17. The smallest absolute Gasteiger partial charge is 0.0985 e. The van der Waals surface area contributed by atoms with Gasteiger partial charge < -0.3 is 5.11 Å². The monoisotopic (exact) mass is 260 g/mol. The van der Waals surface area contributed by atoms with E-state index in [1.807, 2.05) is 0 Å². The first kappa shape index (κ1) is 14.9. The van der Waals surface area contributed by atoms with Crippen LogP contribution in [0.2, 0.25) is 0 Å². The fraction of sp³-hybridized carbons (Fsp3) is 0.250. The van der Waals surface area contributed by atoms with Crippen molar-refractivity contribution in [1.29, 1.82) is 0 Å². The summed E-state index contributed by atoms with van der Waals surface area (Å²) in [7, 11) is -1.15. The second-order valence-corrected chi connectivity index (χ2v) is 8.35. The average Bonchev–Trinajstić information content (AvgIpc) is 2.42. The van der Waals surface area contributed by atoms with Crippen LogP contribution in [0.15, 0.2) is 60.7 Å². The van der Waals surface area contributed by atoms with Gasteiger partial charge in [0.1, 0.15) is 0 Å². The van der Waals surface area contributed by atoms with Crippen molar-refractivity contribution in [2.45, 2.75) is 6.92 Å². The van der Waals surface area contributed by atoms with Crippen LogP contribution >= 0.6 is 7.26 Å². The van der Waals surface area contributed by atoms with Gasteiger partial charge >= 0.3 is 0 Å². The van der Waals surface area contributed by atoms with Gasteiger partial charge in [0.15, 0.2) is 0 Å². The summed E-state index contributed by atoms with van der Waals surface area (Å²) in [6.07, 6.45) is 0. The van der Waals surface area contributed by atoms with Crippen LogP contribution in [0.1, 0.15) is 6.92 Å². The van der Waals surface area contributed by atoms with Gasteiger partial charge in [0, 0.05) is 0 Å². The Kier molecular flexibility index (Phi) is 6.04. The van der Waals surface area contributed by atoms with Crippen LogP contribution in [0.4, 0.5) is 0 Å². The lowest BCUT2D eigenvalue weighted by molar-refractivity contribution is -0.361. The molecule has 2 heteroatoms. The van der Waals surface area contributed by atoms with E-state index in [0.717, 1.165) is 0 Å². The van der Waals surface area contributed by atoms with Gasteiger partial charge in [-0.3, -0.25) is 0 Å². The normalized spacial score (nSPS) is 10.4. The topological polar surface area (TPSA) is 23.1 Å². The van der Waals surface area contributed by atoms with E-state index >= 15 is 0 Å². The highest BCUT2D eigenvalue weighted by Crippen LogP contribution is 2.48. The van der Waals surface area contributed by atoms with E-state index in [1.54, 1.807) is 6.92 Å². The van der Waals surface area contributed by atoms with E-state index in [9.17, 15) is 0 Å². The van der Waals surface area contributed by atoms with Crippen molar-refractivity contribution >= 4 is 17.9 Å². The predicted octanol–water partition coefficient (Wildman–Crippen LogP) is 2.28. The highest BCUT2D eigenvalue weighted by molar-refractivity contribution is 7.88. The third-order valence-corrected chi connectivity index (χ3v) is 5.98. The highest BCUT2D eigenvalue weighted by atomic mass is 31.2. The van der Waals surface area contributed by atoms with E-state index in [2.05, 4.69) is 74.0 Å². The Balaban J connectivity index is 0.000000492. The Morgan fingerprint density at radius 3 is 1.33 bits per heavy atom. The summed E-state index contributed by atoms with van der Waals surface area (Å²) < 4.78 is 0. The van der Waals surface area contributed by atoms with Crippen LogP contribution < -0.4 is 15.7 Å². The van der Waals surface area contributed by atoms with Crippen LogP contribution in [0.25, 0.3) is 0 Å². The third-order valence-electron chi connectivity index (χ3n) is 2.80. The molecule has 1 nitrogen and oxygen atoms in total. The van der Waals surface area contributed by atoms with E-state index in [-0.39, 0.29) is 6.61 Å². The molecule has 2 aromatic carbocycles. The van der Waals surface area contributed by atoms with Gasteiger partial charge in [-0.1, -0.05) is 43.3 Å². The second-order valence-electron chi connectivity index (χ2n) is 4.41. The molecule has 0 heterocycles. The van der Waals surface area contributed by atoms with Gasteiger partial charge in [-0.2, -0.15) is 0 Å². The van der Waals surface area contributed by atoms with Gasteiger partial charge in [-0.25, -0.2) is 0 Å². The van der Waals surface area contributed by atoms with Crippen molar-refractivity contribution in [2.24, 2.45) is 0 Å². The van der Waals surface area contributed by atoms with Crippen LogP contribution in [-0.4, -0.2) is 19.9 Å². The molecule has 0 fully saturated rings. The van der Waals surface area contributed by atoms with E-state index in [4.69, 9.17) is 5.11 Å². The summed E-state index contributed by atoms with van der Waals surface area (Å²) in [6, 6.07) is 21.6. The van der Waals surface area contributed by atoms with Crippen LogP contribution in [-0.2, 0) is 0 Å². The van der Waals surface area contributed by atoms with Crippen LogP contribution in [0.5, 0.6) is 0 Å². The summed E-state index contributed by atoms with van der Waals surface area (Å²) in [6.45, 7) is 6.31. The molecule has 0 radical (unpaired) electrons. The maximum atomic E-state index is 8.93. The Bertz CT molecular complexity index is 396. The minimum absolute atomic E-state index is 0. The van der Waals surface area contributed by atoms with E-state index < -0.39 is 7.26 Å². The molecule has 0 aromatic heterocycles. The first-order chi connectivity index (χ1) is 8.62. The lowest BCUT2D eigenvalue weighted by atomic mass is 10.4. The number of hydrogen-bond donors (Lipinski definition) is 0. The number of hydrogen-bond acceptors (Lipinski definition) is 1. The minimum Gasteiger partial charge on any atom is -0.855 e. The van der Waals surface area contributed by atoms with Crippen molar-refractivity contribution < 1.29 is 5.11 Å². The maximum absolute atomic E-state index is 8.93. The SMILES string of the molecule is CC[O-].C[P+](C)(c1ccccc1)c1ccccc1. The summed E-state index contributed by atoms with van der Waals surface area (Å²) >= 11 is 0. The first-order valence-corrected chi connectivity index (χ1v) is 8.84. The summed E-state index contributed by atoms with van der Waals surface area (Å²) in [5.74, 6) is 0. The van der Waals surface area contributed by atoms with Crippen molar-refractivity contribution in [3.05, 3.63) is 60.7 Å². The summed E-state index contributed by atoms with van der Waals surface area (Å²) in [5, 5.41) is 11.9. The quantitative estimate of drug-likeness (QED) is 0.760. The molecule has 2 aromatic rings. The zero-order valence-electron chi connectivity index (χ0n) is 11.3. The van der Waals surface area contributed by atoms with Crippen molar-refractivity contribution in [2.75, 3.05) is 19.9 Å². The molecule has 2 rings (SSSR count). The minimum atomic E-state index is -1.15. The van der Waals surface area contributed by atoms with E-state index in [0.29, 0.717) is 0 Å². The molecule has 0 aliphatic heterocycles. The molecule has 0 unspecified atom stereocenters. The molecule has 18 heavy (non-hydrogen) atoms. The van der Waals surface area contributed by atoms with Crippen LogP contribution in [0, 0.1) is 0 Å². The largest absolute Gasteiger partial charge is 0.855 e. The average molecular weight is 260 g/mol. The molecule has 0 aliphatic rings. The molecular formula is C16H21OP. The first-order valence-electron chi connectivity index (χ1n) is 6.16. The fourth-order valence-corrected chi connectivity index (χ4v) is 3.88.